The van der Waals surface area contributed by atoms with Crippen molar-refractivity contribution in [1.29, 1.82) is 0 Å². The first-order valence-corrected chi connectivity index (χ1v) is 4.05. The Morgan fingerprint density at radius 3 is 2.42 bits per heavy atom. The summed E-state index contributed by atoms with van der Waals surface area (Å²) in [5.41, 5.74) is 5.58. The summed E-state index contributed by atoms with van der Waals surface area (Å²) in [6.45, 7) is -0.925. The molecule has 3 N–H and O–H groups in total. The number of halogens is 3. The van der Waals surface area contributed by atoms with Gasteiger partial charge in [-0.1, -0.05) is 6.42 Å². The zero-order valence-electron chi connectivity index (χ0n) is 6.69. The highest BCUT2D eigenvalue weighted by Gasteiger charge is 2.31. The van der Waals surface area contributed by atoms with Gasteiger partial charge in [0.15, 0.2) is 0 Å². The molecule has 2 nitrogen and oxygen atoms in total. The van der Waals surface area contributed by atoms with E-state index >= 15 is 0 Å². The van der Waals surface area contributed by atoms with E-state index in [1.807, 2.05) is 0 Å². The Morgan fingerprint density at radius 1 is 1.33 bits per heavy atom. The monoisotopic (exact) mass is 182 g/mol. The first-order chi connectivity index (χ1) is 5.49. The molecule has 0 radical (unpaired) electrons. The van der Waals surface area contributed by atoms with Crippen molar-refractivity contribution in [3.05, 3.63) is 0 Å². The molecule has 1 aliphatic rings. The smallest absolute Gasteiger partial charge is 0.326 e. The standard InChI is InChI=1S/C7H13F3N2/c8-7(9,10)4-12-6-3-1-2-5(6)11/h5-6,12H,1-4,11H2/t5-,6+/m1/s1. The Hall–Kier alpha value is -0.290. The van der Waals surface area contributed by atoms with E-state index in [1.54, 1.807) is 0 Å². The van der Waals surface area contributed by atoms with Crippen LogP contribution < -0.4 is 11.1 Å². The third kappa shape index (κ3) is 2.98. The van der Waals surface area contributed by atoms with E-state index in [1.165, 1.54) is 0 Å². The van der Waals surface area contributed by atoms with Crippen molar-refractivity contribution >= 4 is 0 Å². The third-order valence-corrected chi connectivity index (χ3v) is 2.13. The number of nitrogens with two attached hydrogens (primary N) is 1. The van der Waals surface area contributed by atoms with Crippen LogP contribution in [-0.4, -0.2) is 24.8 Å². The molecule has 5 heteroatoms. The third-order valence-electron chi connectivity index (χ3n) is 2.13. The molecule has 1 fully saturated rings. The maximum Gasteiger partial charge on any atom is 0.401 e. The van der Waals surface area contributed by atoms with E-state index in [0.717, 1.165) is 19.3 Å². The summed E-state index contributed by atoms with van der Waals surface area (Å²) >= 11 is 0. The minimum Gasteiger partial charge on any atom is -0.326 e. The van der Waals surface area contributed by atoms with Gasteiger partial charge in [0.05, 0.1) is 6.54 Å². The lowest BCUT2D eigenvalue weighted by molar-refractivity contribution is -0.126. The molecule has 0 unspecified atom stereocenters. The Labute approximate surface area is 69.3 Å². The highest BCUT2D eigenvalue weighted by molar-refractivity contribution is 4.86. The lowest BCUT2D eigenvalue weighted by Crippen LogP contribution is -2.44. The van der Waals surface area contributed by atoms with E-state index in [9.17, 15) is 13.2 Å². The summed E-state index contributed by atoms with van der Waals surface area (Å²) in [7, 11) is 0. The molecule has 0 aromatic rings. The molecule has 0 amide bonds. The number of hydrogen-bond donors (Lipinski definition) is 2. The van der Waals surface area contributed by atoms with Gasteiger partial charge in [0.2, 0.25) is 0 Å². The lowest BCUT2D eigenvalue weighted by Gasteiger charge is -2.18. The van der Waals surface area contributed by atoms with Crippen molar-refractivity contribution in [2.45, 2.75) is 37.5 Å². The van der Waals surface area contributed by atoms with Crippen LogP contribution in [-0.2, 0) is 0 Å². The molecular weight excluding hydrogens is 169 g/mol. The Morgan fingerprint density at radius 2 is 2.00 bits per heavy atom. The van der Waals surface area contributed by atoms with Gasteiger partial charge < -0.3 is 11.1 Å². The first kappa shape index (κ1) is 9.80. The molecule has 0 aliphatic heterocycles. The molecule has 0 heterocycles. The van der Waals surface area contributed by atoms with Crippen LogP contribution in [0.1, 0.15) is 19.3 Å². The summed E-state index contributed by atoms with van der Waals surface area (Å²) in [6, 6.07) is -0.251. The lowest BCUT2D eigenvalue weighted by atomic mass is 10.2. The molecule has 0 aromatic carbocycles. The number of rotatable bonds is 2. The summed E-state index contributed by atoms with van der Waals surface area (Å²) in [4.78, 5) is 0. The SMILES string of the molecule is N[C@@H]1CCC[C@@H]1NCC(F)(F)F. The fraction of sp³-hybridized carbons (Fsp3) is 1.00. The van der Waals surface area contributed by atoms with Crippen molar-refractivity contribution in [2.24, 2.45) is 5.73 Å². The van der Waals surface area contributed by atoms with Gasteiger partial charge in [-0.25, -0.2) is 0 Å². The first-order valence-electron chi connectivity index (χ1n) is 4.05. The summed E-state index contributed by atoms with van der Waals surface area (Å²) < 4.78 is 35.2. The Kier molecular flexibility index (Phi) is 2.95. The van der Waals surface area contributed by atoms with E-state index in [4.69, 9.17) is 5.73 Å². The predicted molar refractivity (Wildman–Crippen MR) is 39.7 cm³/mol. The van der Waals surface area contributed by atoms with Gasteiger partial charge in [0.25, 0.3) is 0 Å². The van der Waals surface area contributed by atoms with E-state index in [2.05, 4.69) is 5.32 Å². The molecule has 0 bridgehead atoms. The molecular formula is C7H13F3N2. The topological polar surface area (TPSA) is 38.0 Å². The average Bonchev–Trinajstić information content (AvgIpc) is 2.29. The van der Waals surface area contributed by atoms with E-state index in [-0.39, 0.29) is 12.1 Å². The zero-order valence-corrected chi connectivity index (χ0v) is 6.69. The number of alkyl halides is 3. The second kappa shape index (κ2) is 3.62. The second-order valence-corrected chi connectivity index (χ2v) is 3.20. The van der Waals surface area contributed by atoms with Crippen LogP contribution in [0.4, 0.5) is 13.2 Å². The van der Waals surface area contributed by atoms with Crippen molar-refractivity contribution in [1.82, 2.24) is 5.32 Å². The average molecular weight is 182 g/mol. The van der Waals surface area contributed by atoms with Gasteiger partial charge in [0.1, 0.15) is 0 Å². The molecule has 0 spiro atoms. The van der Waals surface area contributed by atoms with Crippen LogP contribution in [0, 0.1) is 0 Å². The summed E-state index contributed by atoms with van der Waals surface area (Å²) in [6.07, 6.45) is -1.61. The van der Waals surface area contributed by atoms with Crippen molar-refractivity contribution in [2.75, 3.05) is 6.54 Å². The maximum atomic E-state index is 11.7. The number of hydrogen-bond acceptors (Lipinski definition) is 2. The van der Waals surface area contributed by atoms with Gasteiger partial charge in [-0.15, -0.1) is 0 Å². The Balaban J connectivity index is 2.23. The molecule has 1 saturated carbocycles. The molecule has 2 atom stereocenters. The molecule has 0 aromatic heterocycles. The van der Waals surface area contributed by atoms with Crippen molar-refractivity contribution < 1.29 is 13.2 Å². The molecule has 12 heavy (non-hydrogen) atoms. The molecule has 0 saturated heterocycles. The minimum absolute atomic E-state index is 0.104. The van der Waals surface area contributed by atoms with Crippen LogP contribution in [0.2, 0.25) is 0 Å². The van der Waals surface area contributed by atoms with Gasteiger partial charge in [-0.3, -0.25) is 0 Å². The van der Waals surface area contributed by atoms with Crippen LogP contribution in [0.3, 0.4) is 0 Å². The second-order valence-electron chi connectivity index (χ2n) is 3.20. The largest absolute Gasteiger partial charge is 0.401 e. The highest BCUT2D eigenvalue weighted by Crippen LogP contribution is 2.19. The predicted octanol–water partition coefficient (Wildman–Crippen LogP) is 1.02. The summed E-state index contributed by atoms with van der Waals surface area (Å²) in [5.74, 6) is 0. The molecule has 72 valence electrons. The van der Waals surface area contributed by atoms with Gasteiger partial charge in [-0.2, -0.15) is 13.2 Å². The van der Waals surface area contributed by atoms with Crippen LogP contribution >= 0.6 is 0 Å². The fourth-order valence-electron chi connectivity index (χ4n) is 1.49. The van der Waals surface area contributed by atoms with Crippen LogP contribution in [0.15, 0.2) is 0 Å². The normalized spacial score (nSPS) is 31.0. The maximum absolute atomic E-state index is 11.7. The highest BCUT2D eigenvalue weighted by atomic mass is 19.4. The zero-order chi connectivity index (χ0) is 9.19. The van der Waals surface area contributed by atoms with Gasteiger partial charge in [-0.05, 0) is 12.8 Å². The molecule has 1 rings (SSSR count). The van der Waals surface area contributed by atoms with Gasteiger partial charge in [0, 0.05) is 12.1 Å². The van der Waals surface area contributed by atoms with E-state index < -0.39 is 12.7 Å². The van der Waals surface area contributed by atoms with Crippen molar-refractivity contribution in [3.8, 4) is 0 Å². The van der Waals surface area contributed by atoms with Crippen LogP contribution in [0.25, 0.3) is 0 Å². The van der Waals surface area contributed by atoms with Crippen LogP contribution in [0.5, 0.6) is 0 Å². The Bertz CT molecular complexity index is 146. The summed E-state index contributed by atoms with van der Waals surface area (Å²) in [5, 5.41) is 2.42. The number of nitrogens with one attached hydrogen (secondary N) is 1. The van der Waals surface area contributed by atoms with E-state index in [0.29, 0.717) is 0 Å². The quantitative estimate of drug-likeness (QED) is 0.669. The minimum atomic E-state index is -4.12. The molecule has 1 aliphatic carbocycles. The van der Waals surface area contributed by atoms with Crippen molar-refractivity contribution in [3.63, 3.8) is 0 Å². The fourth-order valence-corrected chi connectivity index (χ4v) is 1.49. The van der Waals surface area contributed by atoms with Gasteiger partial charge >= 0.3 is 6.18 Å².